The van der Waals surface area contributed by atoms with Crippen LogP contribution in [0.15, 0.2) is 40.8 Å². The number of nitrogens with zero attached hydrogens (tertiary/aromatic N) is 1. The average molecular weight is 360 g/mol. The van der Waals surface area contributed by atoms with Crippen molar-refractivity contribution in [3.63, 3.8) is 0 Å². The number of carbonyl (C=O) groups is 1. The largest absolute Gasteiger partial charge is 0.461 e. The van der Waals surface area contributed by atoms with E-state index in [1.165, 1.54) is 6.07 Å². The molecule has 1 aliphatic heterocycles. The normalized spacial score (nSPS) is 16.4. The van der Waals surface area contributed by atoms with Gasteiger partial charge in [-0.1, -0.05) is 12.1 Å². The number of furan rings is 1. The molecule has 2 heterocycles. The number of carbonyl (C=O) groups excluding carboxylic acids is 1. The molecule has 2 aromatic rings. The van der Waals surface area contributed by atoms with Gasteiger partial charge in [-0.15, -0.1) is 0 Å². The van der Waals surface area contributed by atoms with Crippen molar-refractivity contribution < 1.29 is 18.3 Å². The highest BCUT2D eigenvalue weighted by Crippen LogP contribution is 2.25. The van der Waals surface area contributed by atoms with Crippen molar-refractivity contribution in [3.8, 4) is 11.3 Å². The van der Waals surface area contributed by atoms with E-state index in [1.54, 1.807) is 30.3 Å². The summed E-state index contributed by atoms with van der Waals surface area (Å²) in [6, 6.07) is 10.1. The Bertz CT molecular complexity index is 725. The van der Waals surface area contributed by atoms with E-state index >= 15 is 0 Å². The second-order valence-corrected chi connectivity index (χ2v) is 6.63. The molecule has 1 unspecified atom stereocenters. The van der Waals surface area contributed by atoms with Gasteiger partial charge in [0.15, 0.2) is 0 Å². The maximum absolute atomic E-state index is 13.8. The van der Waals surface area contributed by atoms with Crippen LogP contribution in [-0.2, 0) is 16.0 Å². The van der Waals surface area contributed by atoms with E-state index < -0.39 is 0 Å². The fourth-order valence-electron chi connectivity index (χ4n) is 3.12. The van der Waals surface area contributed by atoms with Crippen LogP contribution in [0.5, 0.6) is 0 Å². The number of benzene rings is 1. The topological polar surface area (TPSA) is 54.7 Å². The molecule has 0 bridgehead atoms. The summed E-state index contributed by atoms with van der Waals surface area (Å²) in [5.74, 6) is 0.844. The number of rotatable bonds is 7. The molecule has 3 rings (SSSR count). The van der Waals surface area contributed by atoms with E-state index in [4.69, 9.17) is 9.15 Å². The number of morpholine rings is 1. The van der Waals surface area contributed by atoms with Crippen LogP contribution in [0.3, 0.4) is 0 Å². The third-order valence-corrected chi connectivity index (χ3v) is 4.44. The van der Waals surface area contributed by atoms with Gasteiger partial charge in [-0.05, 0) is 31.2 Å². The summed E-state index contributed by atoms with van der Waals surface area (Å²) in [5.41, 5.74) is 0.433. The molecule has 0 saturated carbocycles. The molecule has 1 saturated heterocycles. The Balaban J connectivity index is 1.45. The molecule has 0 radical (unpaired) electrons. The number of nitrogens with one attached hydrogen (secondary N) is 1. The summed E-state index contributed by atoms with van der Waals surface area (Å²) in [7, 11) is 0. The van der Waals surface area contributed by atoms with Crippen molar-refractivity contribution in [1.82, 2.24) is 10.2 Å². The van der Waals surface area contributed by atoms with Gasteiger partial charge in [0.2, 0.25) is 5.91 Å². The Morgan fingerprint density at radius 3 is 2.77 bits per heavy atom. The van der Waals surface area contributed by atoms with Crippen LogP contribution in [0.2, 0.25) is 0 Å². The molecule has 1 aromatic carbocycles. The Morgan fingerprint density at radius 2 is 2.00 bits per heavy atom. The molecule has 26 heavy (non-hydrogen) atoms. The number of ether oxygens (including phenoxy) is 1. The Kier molecular flexibility index (Phi) is 6.41. The first-order chi connectivity index (χ1) is 12.6. The predicted octanol–water partition coefficient (Wildman–Crippen LogP) is 2.86. The molecule has 1 atom stereocenters. The smallest absolute Gasteiger partial charge is 0.220 e. The molecule has 1 N–H and O–H groups in total. The second kappa shape index (κ2) is 8.96. The standard InChI is InChI=1S/C20H25FN2O3/c1-15(14-23-10-12-25-13-11-23)22-20(24)9-7-16-6-8-19(26-16)17-4-2-3-5-18(17)21/h2-6,8,15H,7,9-14H2,1H3,(H,22,24). The van der Waals surface area contributed by atoms with Gasteiger partial charge in [-0.25, -0.2) is 4.39 Å². The zero-order valence-electron chi connectivity index (χ0n) is 15.0. The maximum Gasteiger partial charge on any atom is 0.220 e. The van der Waals surface area contributed by atoms with Crippen molar-refractivity contribution in [1.29, 1.82) is 0 Å². The number of hydrogen-bond acceptors (Lipinski definition) is 4. The lowest BCUT2D eigenvalue weighted by Gasteiger charge is -2.29. The molecule has 1 fully saturated rings. The zero-order chi connectivity index (χ0) is 18.4. The van der Waals surface area contributed by atoms with Crippen molar-refractivity contribution in [2.24, 2.45) is 0 Å². The third-order valence-electron chi connectivity index (χ3n) is 4.44. The van der Waals surface area contributed by atoms with E-state index in [-0.39, 0.29) is 17.8 Å². The second-order valence-electron chi connectivity index (χ2n) is 6.63. The van der Waals surface area contributed by atoms with E-state index in [0.717, 1.165) is 32.8 Å². The fraction of sp³-hybridized carbons (Fsp3) is 0.450. The molecular weight excluding hydrogens is 335 g/mol. The lowest BCUT2D eigenvalue weighted by molar-refractivity contribution is -0.121. The minimum atomic E-state index is -0.317. The molecule has 6 heteroatoms. The fourth-order valence-corrected chi connectivity index (χ4v) is 3.12. The minimum absolute atomic E-state index is 0.00500. The Morgan fingerprint density at radius 1 is 1.23 bits per heavy atom. The highest BCUT2D eigenvalue weighted by molar-refractivity contribution is 5.76. The molecule has 5 nitrogen and oxygen atoms in total. The van der Waals surface area contributed by atoms with Crippen molar-refractivity contribution >= 4 is 5.91 Å². The molecular formula is C20H25FN2O3. The molecule has 1 amide bonds. The van der Waals surface area contributed by atoms with E-state index in [9.17, 15) is 9.18 Å². The number of aryl methyl sites for hydroxylation is 1. The van der Waals surface area contributed by atoms with Gasteiger partial charge in [0.25, 0.3) is 0 Å². The number of hydrogen-bond donors (Lipinski definition) is 1. The summed E-state index contributed by atoms with van der Waals surface area (Å²) in [4.78, 5) is 14.4. The monoisotopic (exact) mass is 360 g/mol. The average Bonchev–Trinajstić information content (AvgIpc) is 3.10. The van der Waals surface area contributed by atoms with Crippen molar-refractivity contribution in [2.45, 2.75) is 25.8 Å². The van der Waals surface area contributed by atoms with Gasteiger partial charge in [0, 0.05) is 38.5 Å². The Labute approximate surface area is 153 Å². The van der Waals surface area contributed by atoms with E-state index in [1.807, 2.05) is 6.92 Å². The quantitative estimate of drug-likeness (QED) is 0.825. The van der Waals surface area contributed by atoms with Gasteiger partial charge < -0.3 is 14.5 Å². The third kappa shape index (κ3) is 5.16. The van der Waals surface area contributed by atoms with Gasteiger partial charge >= 0.3 is 0 Å². The van der Waals surface area contributed by atoms with Crippen molar-refractivity contribution in [3.05, 3.63) is 48.0 Å². The van der Waals surface area contributed by atoms with Gasteiger partial charge in [-0.2, -0.15) is 0 Å². The number of amides is 1. The van der Waals surface area contributed by atoms with Crippen LogP contribution in [0.4, 0.5) is 4.39 Å². The molecule has 0 spiro atoms. The van der Waals surface area contributed by atoms with Crippen LogP contribution in [0.1, 0.15) is 19.1 Å². The Hall–Kier alpha value is -2.18. The van der Waals surface area contributed by atoms with Crippen LogP contribution in [0.25, 0.3) is 11.3 Å². The van der Waals surface area contributed by atoms with E-state index in [2.05, 4.69) is 10.2 Å². The summed E-state index contributed by atoms with van der Waals surface area (Å²) in [6.07, 6.45) is 0.836. The lowest BCUT2D eigenvalue weighted by atomic mass is 10.1. The van der Waals surface area contributed by atoms with E-state index in [0.29, 0.717) is 29.9 Å². The first kappa shape index (κ1) is 18.6. The van der Waals surface area contributed by atoms with Gasteiger partial charge in [-0.3, -0.25) is 9.69 Å². The van der Waals surface area contributed by atoms with Crippen LogP contribution < -0.4 is 5.32 Å². The summed E-state index contributed by atoms with van der Waals surface area (Å²) in [5, 5.41) is 3.02. The van der Waals surface area contributed by atoms with Crippen LogP contribution >= 0.6 is 0 Å². The predicted molar refractivity (Wildman–Crippen MR) is 97.3 cm³/mol. The van der Waals surface area contributed by atoms with Gasteiger partial charge in [0.1, 0.15) is 17.3 Å². The highest BCUT2D eigenvalue weighted by atomic mass is 19.1. The van der Waals surface area contributed by atoms with Gasteiger partial charge in [0.05, 0.1) is 18.8 Å². The first-order valence-electron chi connectivity index (χ1n) is 9.05. The van der Waals surface area contributed by atoms with Crippen LogP contribution in [-0.4, -0.2) is 49.7 Å². The first-order valence-corrected chi connectivity index (χ1v) is 9.05. The van der Waals surface area contributed by atoms with Crippen LogP contribution in [0, 0.1) is 5.82 Å². The zero-order valence-corrected chi connectivity index (χ0v) is 15.0. The SMILES string of the molecule is CC(CN1CCOCC1)NC(=O)CCc1ccc(-c2ccccc2F)o1. The molecule has 1 aromatic heterocycles. The minimum Gasteiger partial charge on any atom is -0.461 e. The summed E-state index contributed by atoms with van der Waals surface area (Å²) >= 11 is 0. The highest BCUT2D eigenvalue weighted by Gasteiger charge is 2.16. The maximum atomic E-state index is 13.8. The molecule has 140 valence electrons. The molecule has 0 aliphatic carbocycles. The summed E-state index contributed by atoms with van der Waals surface area (Å²) < 4.78 is 24.8. The lowest BCUT2D eigenvalue weighted by Crippen LogP contribution is -2.46. The summed E-state index contributed by atoms with van der Waals surface area (Å²) in [6.45, 7) is 6.16. The number of halogens is 1. The van der Waals surface area contributed by atoms with Crippen molar-refractivity contribution in [2.75, 3.05) is 32.8 Å². The molecule has 1 aliphatic rings.